The minimum atomic E-state index is -0.374. The van der Waals surface area contributed by atoms with Gasteiger partial charge in [0.05, 0.1) is 32.1 Å². The van der Waals surface area contributed by atoms with E-state index in [-0.39, 0.29) is 18.3 Å². The number of benzene rings is 2. The Labute approximate surface area is 191 Å². The first-order chi connectivity index (χ1) is 16.0. The maximum atomic E-state index is 13.4. The van der Waals surface area contributed by atoms with Crippen molar-refractivity contribution in [1.29, 1.82) is 0 Å². The number of aromatic amines is 1. The Morgan fingerprint density at radius 1 is 1.12 bits per heavy atom. The van der Waals surface area contributed by atoms with Gasteiger partial charge in [-0.3, -0.25) is 0 Å². The fraction of sp³-hybridized carbons (Fsp3) is 0.269. The summed E-state index contributed by atoms with van der Waals surface area (Å²) in [5, 5.41) is 11.0. The number of ether oxygens (including phenoxy) is 3. The molecule has 0 saturated carbocycles. The summed E-state index contributed by atoms with van der Waals surface area (Å²) in [4.78, 5) is 16.6. The molecule has 4 aromatic rings. The van der Waals surface area contributed by atoms with Gasteiger partial charge in [-0.1, -0.05) is 0 Å². The molecule has 1 aliphatic heterocycles. The molecule has 0 radical (unpaired) electrons. The molecule has 0 saturated heterocycles. The zero-order valence-electron chi connectivity index (χ0n) is 19.1. The normalized spacial score (nSPS) is 12.4. The maximum absolute atomic E-state index is 13.4. The number of H-pyrrole nitrogens is 1. The van der Waals surface area contributed by atoms with Crippen molar-refractivity contribution in [2.75, 3.05) is 20.8 Å². The third-order valence-corrected chi connectivity index (χ3v) is 6.41. The highest BCUT2D eigenvalue weighted by molar-refractivity contribution is 6.09. The summed E-state index contributed by atoms with van der Waals surface area (Å²) < 4.78 is 18.8. The van der Waals surface area contributed by atoms with E-state index < -0.39 is 0 Å². The fourth-order valence-electron chi connectivity index (χ4n) is 4.92. The molecule has 0 amide bonds. The number of nitrogens with one attached hydrogen (secondary N) is 1. The van der Waals surface area contributed by atoms with Crippen LogP contribution in [0.4, 0.5) is 0 Å². The minimum Gasteiger partial charge on any atom is -0.508 e. The molecule has 1 aliphatic rings. The average Bonchev–Trinajstić information content (AvgIpc) is 3.36. The maximum Gasteiger partial charge on any atom is 0.340 e. The van der Waals surface area contributed by atoms with Crippen LogP contribution < -0.4 is 9.47 Å². The second-order valence-corrected chi connectivity index (χ2v) is 8.10. The summed E-state index contributed by atoms with van der Waals surface area (Å²) in [5.41, 5.74) is 6.87. The lowest BCUT2D eigenvalue weighted by atomic mass is 9.93. The predicted molar refractivity (Wildman–Crippen MR) is 126 cm³/mol. The van der Waals surface area contributed by atoms with Crippen molar-refractivity contribution in [2.45, 2.75) is 26.8 Å². The highest BCUT2D eigenvalue weighted by Gasteiger charge is 2.33. The molecule has 0 bridgehead atoms. The molecule has 3 heterocycles. The van der Waals surface area contributed by atoms with E-state index in [4.69, 9.17) is 14.2 Å². The van der Waals surface area contributed by atoms with Gasteiger partial charge in [0.15, 0.2) is 11.5 Å². The summed E-state index contributed by atoms with van der Waals surface area (Å²) >= 11 is 0. The number of carbonyl (C=O) groups excluding carboxylic acids is 1. The average molecular weight is 447 g/mol. The van der Waals surface area contributed by atoms with E-state index in [0.717, 1.165) is 57.5 Å². The van der Waals surface area contributed by atoms with E-state index in [1.54, 1.807) is 33.3 Å². The van der Waals surface area contributed by atoms with Crippen LogP contribution >= 0.6 is 0 Å². The highest BCUT2D eigenvalue weighted by atomic mass is 16.5. The number of phenolic OH excluding ortho intramolecular Hbond substituents is 1. The van der Waals surface area contributed by atoms with Crippen LogP contribution in [0.15, 0.2) is 36.5 Å². The molecule has 2 aromatic heterocycles. The molecule has 0 unspecified atom stereocenters. The van der Waals surface area contributed by atoms with Crippen LogP contribution in [-0.2, 0) is 17.7 Å². The van der Waals surface area contributed by atoms with Crippen molar-refractivity contribution in [3.8, 4) is 39.6 Å². The van der Waals surface area contributed by atoms with Crippen LogP contribution in [0.5, 0.6) is 17.2 Å². The summed E-state index contributed by atoms with van der Waals surface area (Å²) in [5.74, 6) is 1.07. The number of aromatic nitrogens is 2. The first-order valence-corrected chi connectivity index (χ1v) is 10.9. The van der Waals surface area contributed by atoms with Gasteiger partial charge in [0, 0.05) is 46.0 Å². The van der Waals surface area contributed by atoms with E-state index in [1.165, 1.54) is 0 Å². The second kappa shape index (κ2) is 7.92. The Bertz CT molecular complexity index is 1400. The van der Waals surface area contributed by atoms with Crippen LogP contribution in [0.25, 0.3) is 33.3 Å². The number of methoxy groups -OCH3 is 2. The Kier molecular flexibility index (Phi) is 5.04. The molecule has 5 rings (SSSR count). The van der Waals surface area contributed by atoms with Crippen LogP contribution in [0.3, 0.4) is 0 Å². The van der Waals surface area contributed by atoms with Gasteiger partial charge in [0.2, 0.25) is 0 Å². The molecular weight excluding hydrogens is 420 g/mol. The molecule has 2 N–H and O–H groups in total. The Morgan fingerprint density at radius 2 is 1.88 bits per heavy atom. The monoisotopic (exact) mass is 446 g/mol. The van der Waals surface area contributed by atoms with Gasteiger partial charge < -0.3 is 28.9 Å². The number of rotatable bonds is 5. The third kappa shape index (κ3) is 3.15. The summed E-state index contributed by atoms with van der Waals surface area (Å²) in [7, 11) is 3.22. The number of carbonyl (C=O) groups is 1. The van der Waals surface area contributed by atoms with Crippen LogP contribution in [-0.4, -0.2) is 41.5 Å². The van der Waals surface area contributed by atoms with Crippen LogP contribution in [0.1, 0.15) is 28.5 Å². The quantitative estimate of drug-likeness (QED) is 0.418. The number of hydrogen-bond acceptors (Lipinski definition) is 5. The predicted octanol–water partition coefficient (Wildman–Crippen LogP) is 5.07. The lowest BCUT2D eigenvalue weighted by Crippen LogP contribution is -2.15. The number of aromatic hydroxyl groups is 1. The molecule has 7 heteroatoms. The van der Waals surface area contributed by atoms with Crippen LogP contribution in [0.2, 0.25) is 0 Å². The zero-order valence-corrected chi connectivity index (χ0v) is 19.1. The molecule has 170 valence electrons. The molecule has 0 fully saturated rings. The molecule has 7 nitrogen and oxygen atoms in total. The van der Waals surface area contributed by atoms with Crippen molar-refractivity contribution in [3.63, 3.8) is 0 Å². The Morgan fingerprint density at radius 3 is 2.61 bits per heavy atom. The number of fused-ring (bicyclic) bond motifs is 4. The SMILES string of the molecule is CCOC(=O)c1c(-c2c[nH]c3ccc(O)cc23)c(C)n2c1-c1cc(OC)c(OC)cc1CC2. The van der Waals surface area contributed by atoms with Gasteiger partial charge in [0.1, 0.15) is 5.75 Å². The van der Waals surface area contributed by atoms with E-state index in [9.17, 15) is 9.90 Å². The number of hydrogen-bond donors (Lipinski definition) is 2. The molecule has 33 heavy (non-hydrogen) atoms. The molecule has 2 aromatic carbocycles. The standard InChI is InChI=1S/C26H26N2O5/c1-5-33-26(30)24-23(19-13-27-20-7-6-16(29)11-18(19)20)14(2)28-9-8-15-10-21(31-3)22(32-4)12-17(15)25(24)28/h6-7,10-13,27,29H,5,8-9H2,1-4H3. The summed E-state index contributed by atoms with van der Waals surface area (Å²) in [6.45, 7) is 4.83. The minimum absolute atomic E-state index is 0.171. The first kappa shape index (κ1) is 21.0. The Balaban J connectivity index is 1.85. The second-order valence-electron chi connectivity index (χ2n) is 8.10. The number of nitrogens with zero attached hydrogens (tertiary/aromatic N) is 1. The molecule has 0 atom stereocenters. The smallest absolute Gasteiger partial charge is 0.340 e. The van der Waals surface area contributed by atoms with E-state index in [2.05, 4.69) is 9.55 Å². The number of aryl methyl sites for hydroxylation is 1. The van der Waals surface area contributed by atoms with Gasteiger partial charge in [-0.25, -0.2) is 4.79 Å². The lowest BCUT2D eigenvalue weighted by molar-refractivity contribution is 0.0528. The summed E-state index contributed by atoms with van der Waals surface area (Å²) in [6.07, 6.45) is 2.69. The number of phenols is 1. The zero-order chi connectivity index (χ0) is 23.3. The van der Waals surface area contributed by atoms with Crippen molar-refractivity contribution >= 4 is 16.9 Å². The van der Waals surface area contributed by atoms with Crippen LogP contribution in [0, 0.1) is 6.92 Å². The van der Waals surface area contributed by atoms with Gasteiger partial charge in [-0.2, -0.15) is 0 Å². The van der Waals surface area contributed by atoms with Crippen molar-refractivity contribution in [1.82, 2.24) is 9.55 Å². The lowest BCUT2D eigenvalue weighted by Gasteiger charge is -2.23. The van der Waals surface area contributed by atoms with Gasteiger partial charge >= 0.3 is 5.97 Å². The topological polar surface area (TPSA) is 85.7 Å². The van der Waals surface area contributed by atoms with Gasteiger partial charge in [-0.15, -0.1) is 0 Å². The highest BCUT2D eigenvalue weighted by Crippen LogP contribution is 2.46. The van der Waals surface area contributed by atoms with Crippen molar-refractivity contribution in [3.05, 3.63) is 53.3 Å². The molecule has 0 aliphatic carbocycles. The molecular formula is C26H26N2O5. The first-order valence-electron chi connectivity index (χ1n) is 10.9. The molecule has 0 spiro atoms. The number of esters is 1. The largest absolute Gasteiger partial charge is 0.508 e. The van der Waals surface area contributed by atoms with E-state index >= 15 is 0 Å². The van der Waals surface area contributed by atoms with Crippen molar-refractivity contribution in [2.24, 2.45) is 0 Å². The third-order valence-electron chi connectivity index (χ3n) is 6.41. The fourth-order valence-corrected chi connectivity index (χ4v) is 4.92. The summed E-state index contributed by atoms with van der Waals surface area (Å²) in [6, 6.07) is 9.11. The Hall–Kier alpha value is -3.87. The van der Waals surface area contributed by atoms with E-state index in [1.807, 2.05) is 31.3 Å². The van der Waals surface area contributed by atoms with Crippen molar-refractivity contribution < 1.29 is 24.1 Å². The van der Waals surface area contributed by atoms with Gasteiger partial charge in [0.25, 0.3) is 0 Å². The van der Waals surface area contributed by atoms with Gasteiger partial charge in [-0.05, 0) is 56.2 Å². The van der Waals surface area contributed by atoms with E-state index in [0.29, 0.717) is 17.1 Å².